The number of hydrogen-bond acceptors (Lipinski definition) is 2. The van der Waals surface area contributed by atoms with E-state index in [0.29, 0.717) is 6.42 Å². The Bertz CT molecular complexity index is 390. The average Bonchev–Trinajstić information content (AvgIpc) is 2.23. The first-order valence-electron chi connectivity index (χ1n) is 5.91. The van der Waals surface area contributed by atoms with Gasteiger partial charge in [0.1, 0.15) is 0 Å². The maximum Gasteiger partial charge on any atom is 0.226 e. The van der Waals surface area contributed by atoms with Crippen LogP contribution in [0.4, 0.5) is 5.69 Å². The Balaban J connectivity index is 2.75. The number of aryl methyl sites for hydroxylation is 2. The highest BCUT2D eigenvalue weighted by Crippen LogP contribution is 2.20. The molecule has 0 spiro atoms. The fourth-order valence-electron chi connectivity index (χ4n) is 1.69. The maximum atomic E-state index is 11.9. The quantitative estimate of drug-likeness (QED) is 0.841. The lowest BCUT2D eigenvalue weighted by molar-refractivity contribution is -0.117. The zero-order chi connectivity index (χ0) is 13.1. The number of carbonyl (C=O) groups is 1. The Hall–Kier alpha value is -1.35. The van der Waals surface area contributed by atoms with Gasteiger partial charge in [0.05, 0.1) is 0 Å². The van der Waals surface area contributed by atoms with Gasteiger partial charge in [-0.05, 0) is 45.9 Å². The summed E-state index contributed by atoms with van der Waals surface area (Å²) in [6.45, 7) is 8.03. The van der Waals surface area contributed by atoms with E-state index < -0.39 is 0 Å². The molecular formula is C14H22N2O. The molecule has 1 rings (SSSR count). The Morgan fingerprint density at radius 1 is 1.24 bits per heavy atom. The minimum atomic E-state index is -0.180. The lowest BCUT2D eigenvalue weighted by Crippen LogP contribution is -2.39. The third-order valence-corrected chi connectivity index (χ3v) is 3.02. The number of nitrogens with one attached hydrogen (secondary N) is 2. The van der Waals surface area contributed by atoms with E-state index in [1.165, 1.54) is 0 Å². The lowest BCUT2D eigenvalue weighted by atomic mass is 10.0. The molecule has 3 heteroatoms. The minimum Gasteiger partial charge on any atom is -0.326 e. The van der Waals surface area contributed by atoms with Gasteiger partial charge in [-0.3, -0.25) is 4.79 Å². The largest absolute Gasteiger partial charge is 0.326 e. The highest BCUT2D eigenvalue weighted by atomic mass is 16.1. The second-order valence-corrected chi connectivity index (χ2v) is 5.13. The molecule has 0 bridgehead atoms. The van der Waals surface area contributed by atoms with E-state index in [9.17, 15) is 4.79 Å². The Morgan fingerprint density at radius 2 is 1.76 bits per heavy atom. The highest BCUT2D eigenvalue weighted by Gasteiger charge is 2.20. The van der Waals surface area contributed by atoms with Crippen LogP contribution in [0.5, 0.6) is 0 Å². The van der Waals surface area contributed by atoms with Gasteiger partial charge in [0.25, 0.3) is 0 Å². The van der Waals surface area contributed by atoms with Crippen molar-refractivity contribution < 1.29 is 4.79 Å². The standard InChI is InChI=1S/C14H22N2O/c1-10-7-6-8-11(2)13(10)16-12(17)9-14(3,4)15-5/h6-8,15H,9H2,1-5H3,(H,16,17). The molecule has 1 amide bonds. The van der Waals surface area contributed by atoms with Crippen LogP contribution < -0.4 is 10.6 Å². The van der Waals surface area contributed by atoms with Gasteiger partial charge in [0.15, 0.2) is 0 Å². The smallest absolute Gasteiger partial charge is 0.226 e. The van der Waals surface area contributed by atoms with Crippen LogP contribution in [0.3, 0.4) is 0 Å². The molecule has 0 saturated heterocycles. The predicted molar refractivity (Wildman–Crippen MR) is 72.3 cm³/mol. The first kappa shape index (κ1) is 13.7. The molecule has 0 saturated carbocycles. The number of benzene rings is 1. The van der Waals surface area contributed by atoms with Crippen molar-refractivity contribution in [2.75, 3.05) is 12.4 Å². The topological polar surface area (TPSA) is 41.1 Å². The predicted octanol–water partition coefficient (Wildman–Crippen LogP) is 2.63. The molecule has 3 nitrogen and oxygen atoms in total. The maximum absolute atomic E-state index is 11.9. The molecule has 0 atom stereocenters. The lowest BCUT2D eigenvalue weighted by Gasteiger charge is -2.23. The van der Waals surface area contributed by atoms with Crippen molar-refractivity contribution >= 4 is 11.6 Å². The molecule has 0 aromatic heterocycles. The van der Waals surface area contributed by atoms with E-state index in [1.54, 1.807) is 0 Å². The number of para-hydroxylation sites is 1. The molecule has 1 aromatic rings. The molecule has 0 heterocycles. The molecule has 0 aliphatic heterocycles. The zero-order valence-electron chi connectivity index (χ0n) is 11.3. The van der Waals surface area contributed by atoms with Crippen LogP contribution in [0.15, 0.2) is 18.2 Å². The average molecular weight is 234 g/mol. The summed E-state index contributed by atoms with van der Waals surface area (Å²) >= 11 is 0. The molecule has 0 fully saturated rings. The number of rotatable bonds is 4. The van der Waals surface area contributed by atoms with Crippen LogP contribution in [-0.2, 0) is 4.79 Å². The summed E-state index contributed by atoms with van der Waals surface area (Å²) in [5, 5.41) is 6.12. The second kappa shape index (κ2) is 5.32. The van der Waals surface area contributed by atoms with E-state index in [4.69, 9.17) is 0 Å². The molecule has 1 aromatic carbocycles. The molecule has 94 valence electrons. The van der Waals surface area contributed by atoms with Crippen molar-refractivity contribution in [1.29, 1.82) is 0 Å². The Kier molecular flexibility index (Phi) is 4.29. The number of amides is 1. The monoisotopic (exact) mass is 234 g/mol. The molecule has 0 aliphatic rings. The molecule has 2 N–H and O–H groups in total. The first-order valence-corrected chi connectivity index (χ1v) is 5.91. The van der Waals surface area contributed by atoms with Crippen LogP contribution in [-0.4, -0.2) is 18.5 Å². The molecular weight excluding hydrogens is 212 g/mol. The Morgan fingerprint density at radius 3 is 2.24 bits per heavy atom. The van der Waals surface area contributed by atoms with Gasteiger partial charge in [-0.1, -0.05) is 18.2 Å². The third-order valence-electron chi connectivity index (χ3n) is 3.02. The van der Waals surface area contributed by atoms with E-state index in [0.717, 1.165) is 16.8 Å². The van der Waals surface area contributed by atoms with Gasteiger partial charge < -0.3 is 10.6 Å². The fraction of sp³-hybridized carbons (Fsp3) is 0.500. The van der Waals surface area contributed by atoms with Crippen LogP contribution in [0.25, 0.3) is 0 Å². The number of carbonyl (C=O) groups excluding carboxylic acids is 1. The minimum absolute atomic E-state index is 0.0433. The summed E-state index contributed by atoms with van der Waals surface area (Å²) < 4.78 is 0. The van der Waals surface area contributed by atoms with Crippen LogP contribution in [0.2, 0.25) is 0 Å². The van der Waals surface area contributed by atoms with E-state index >= 15 is 0 Å². The summed E-state index contributed by atoms with van der Waals surface area (Å²) in [5.74, 6) is 0.0433. The second-order valence-electron chi connectivity index (χ2n) is 5.13. The van der Waals surface area contributed by atoms with Gasteiger partial charge in [-0.25, -0.2) is 0 Å². The molecule has 17 heavy (non-hydrogen) atoms. The van der Waals surface area contributed by atoms with E-state index in [-0.39, 0.29) is 11.4 Å². The van der Waals surface area contributed by atoms with Crippen molar-refractivity contribution in [2.45, 2.75) is 39.7 Å². The summed E-state index contributed by atoms with van der Waals surface area (Å²) in [6.07, 6.45) is 0.456. The van der Waals surface area contributed by atoms with Crippen molar-refractivity contribution in [3.63, 3.8) is 0 Å². The van der Waals surface area contributed by atoms with Crippen LogP contribution in [0, 0.1) is 13.8 Å². The third kappa shape index (κ3) is 3.86. The van der Waals surface area contributed by atoms with Gasteiger partial charge in [-0.2, -0.15) is 0 Å². The highest BCUT2D eigenvalue weighted by molar-refractivity contribution is 5.93. The number of anilines is 1. The van der Waals surface area contributed by atoms with Gasteiger partial charge in [-0.15, -0.1) is 0 Å². The normalized spacial score (nSPS) is 11.4. The zero-order valence-corrected chi connectivity index (χ0v) is 11.3. The van der Waals surface area contributed by atoms with Crippen molar-refractivity contribution in [3.8, 4) is 0 Å². The van der Waals surface area contributed by atoms with Gasteiger partial charge in [0, 0.05) is 17.6 Å². The van der Waals surface area contributed by atoms with Crippen molar-refractivity contribution in [3.05, 3.63) is 29.3 Å². The molecule has 0 unspecified atom stereocenters. The van der Waals surface area contributed by atoms with Crippen molar-refractivity contribution in [2.24, 2.45) is 0 Å². The SMILES string of the molecule is CNC(C)(C)CC(=O)Nc1c(C)cccc1C. The van der Waals surface area contributed by atoms with Crippen LogP contribution in [0.1, 0.15) is 31.4 Å². The first-order chi connectivity index (χ1) is 7.85. The fourth-order valence-corrected chi connectivity index (χ4v) is 1.69. The van der Waals surface area contributed by atoms with Gasteiger partial charge in [0.2, 0.25) is 5.91 Å². The molecule has 0 radical (unpaired) electrons. The Labute approximate surface area is 104 Å². The summed E-state index contributed by atoms with van der Waals surface area (Å²) in [4.78, 5) is 11.9. The number of hydrogen-bond donors (Lipinski definition) is 2. The van der Waals surface area contributed by atoms with E-state index in [1.807, 2.05) is 52.9 Å². The molecule has 0 aliphatic carbocycles. The summed E-state index contributed by atoms with van der Waals surface area (Å²) in [7, 11) is 1.87. The van der Waals surface area contributed by atoms with Crippen LogP contribution >= 0.6 is 0 Å². The van der Waals surface area contributed by atoms with Crippen molar-refractivity contribution in [1.82, 2.24) is 5.32 Å². The summed E-state index contributed by atoms with van der Waals surface area (Å²) in [5.41, 5.74) is 2.95. The summed E-state index contributed by atoms with van der Waals surface area (Å²) in [6, 6.07) is 6.01. The van der Waals surface area contributed by atoms with Gasteiger partial charge >= 0.3 is 0 Å². The van der Waals surface area contributed by atoms with E-state index in [2.05, 4.69) is 10.6 Å².